The monoisotopic (exact) mass is 375 g/mol. The number of nitrogens with zero attached hydrogens (tertiary/aromatic N) is 2. The number of aromatic nitrogens is 1. The highest BCUT2D eigenvalue weighted by Gasteiger charge is 2.40. The third-order valence-electron chi connectivity index (χ3n) is 5.48. The summed E-state index contributed by atoms with van der Waals surface area (Å²) in [7, 11) is 0. The molecule has 0 radical (unpaired) electrons. The lowest BCUT2D eigenvalue weighted by atomic mass is 9.75. The fourth-order valence-electron chi connectivity index (χ4n) is 4.04. The Kier molecular flexibility index (Phi) is 6.55. The molecule has 0 bridgehead atoms. The van der Waals surface area contributed by atoms with Crippen molar-refractivity contribution in [2.75, 3.05) is 32.8 Å². The van der Waals surface area contributed by atoms with Crippen LogP contribution in [0.1, 0.15) is 18.5 Å². The lowest BCUT2D eigenvalue weighted by Gasteiger charge is -2.36. The first kappa shape index (κ1) is 19.5. The van der Waals surface area contributed by atoms with Gasteiger partial charge in [0.1, 0.15) is 5.82 Å². The van der Waals surface area contributed by atoms with Gasteiger partial charge in [0, 0.05) is 37.2 Å². The number of halogens is 1. The average Bonchev–Trinajstić information content (AvgIpc) is 2.90. The van der Waals surface area contributed by atoms with Gasteiger partial charge in [-0.2, -0.15) is 0 Å². The van der Waals surface area contributed by atoms with Gasteiger partial charge < -0.3 is 15.0 Å². The highest BCUT2D eigenvalue weighted by Crippen LogP contribution is 2.34. The van der Waals surface area contributed by atoms with Crippen molar-refractivity contribution in [3.05, 3.63) is 42.5 Å². The summed E-state index contributed by atoms with van der Waals surface area (Å²) in [4.78, 5) is 30.7. The maximum absolute atomic E-state index is 13.0. The summed E-state index contributed by atoms with van der Waals surface area (Å²) in [5.74, 6) is 0.00692. The zero-order valence-electron chi connectivity index (χ0n) is 15.4. The van der Waals surface area contributed by atoms with E-state index >= 15 is 0 Å². The van der Waals surface area contributed by atoms with Crippen molar-refractivity contribution < 1.29 is 18.7 Å². The molecule has 3 atom stereocenters. The van der Waals surface area contributed by atoms with Crippen LogP contribution >= 0.6 is 0 Å². The van der Waals surface area contributed by atoms with Crippen molar-refractivity contribution in [1.82, 2.24) is 15.2 Å². The summed E-state index contributed by atoms with van der Waals surface area (Å²) in [6.45, 7) is 6.52. The van der Waals surface area contributed by atoms with Gasteiger partial charge in [-0.15, -0.1) is 6.58 Å². The van der Waals surface area contributed by atoms with Crippen molar-refractivity contribution in [3.63, 3.8) is 0 Å². The predicted molar refractivity (Wildman–Crippen MR) is 98.2 cm³/mol. The smallest absolute Gasteiger partial charge is 0.228 e. The van der Waals surface area contributed by atoms with Gasteiger partial charge in [0.05, 0.1) is 25.8 Å². The third kappa shape index (κ3) is 4.91. The maximum atomic E-state index is 13.0. The second-order valence-corrected chi connectivity index (χ2v) is 7.20. The molecule has 3 rings (SSSR count). The van der Waals surface area contributed by atoms with Crippen LogP contribution in [-0.4, -0.2) is 54.5 Å². The first-order valence-corrected chi connectivity index (χ1v) is 9.43. The van der Waals surface area contributed by atoms with Crippen molar-refractivity contribution in [2.45, 2.75) is 19.3 Å². The van der Waals surface area contributed by atoms with Gasteiger partial charge in [0.15, 0.2) is 0 Å². The average molecular weight is 375 g/mol. The molecule has 1 unspecified atom stereocenters. The molecular weight excluding hydrogens is 349 g/mol. The molecular formula is C20H26FN3O3. The normalized spacial score (nSPS) is 25.3. The minimum absolute atomic E-state index is 0.0346. The van der Waals surface area contributed by atoms with E-state index < -0.39 is 5.82 Å². The highest BCUT2D eigenvalue weighted by atomic mass is 19.1. The van der Waals surface area contributed by atoms with E-state index in [0.717, 1.165) is 12.6 Å². The number of amides is 2. The number of ether oxygens (including phenoxy) is 1. The van der Waals surface area contributed by atoms with Crippen LogP contribution in [0.25, 0.3) is 0 Å². The molecule has 0 spiro atoms. The Balaban J connectivity index is 1.61. The first-order valence-electron chi connectivity index (χ1n) is 9.43. The minimum atomic E-state index is -0.416. The molecule has 27 heavy (non-hydrogen) atoms. The maximum Gasteiger partial charge on any atom is 0.228 e. The van der Waals surface area contributed by atoms with E-state index in [9.17, 15) is 14.0 Å². The number of fused-ring (bicyclic) bond motifs is 1. The van der Waals surface area contributed by atoms with Crippen LogP contribution in [0.4, 0.5) is 4.39 Å². The Morgan fingerprint density at radius 2 is 2.22 bits per heavy atom. The Hall–Kier alpha value is -2.28. The summed E-state index contributed by atoms with van der Waals surface area (Å²) in [5, 5.41) is 2.98. The van der Waals surface area contributed by atoms with Crippen LogP contribution in [-0.2, 0) is 20.7 Å². The van der Waals surface area contributed by atoms with Gasteiger partial charge in [-0.05, 0) is 30.9 Å². The number of likely N-dealkylation sites (tertiary alicyclic amines) is 1. The van der Waals surface area contributed by atoms with Gasteiger partial charge in [-0.3, -0.25) is 14.6 Å². The lowest BCUT2D eigenvalue weighted by molar-refractivity contribution is -0.132. The molecule has 1 N–H and O–H groups in total. The van der Waals surface area contributed by atoms with E-state index in [1.165, 1.54) is 12.1 Å². The van der Waals surface area contributed by atoms with E-state index in [1.54, 1.807) is 11.0 Å². The van der Waals surface area contributed by atoms with Crippen LogP contribution in [0.3, 0.4) is 0 Å². The lowest BCUT2D eigenvalue weighted by Crippen LogP contribution is -2.49. The van der Waals surface area contributed by atoms with Crippen LogP contribution in [0, 0.1) is 23.6 Å². The zero-order chi connectivity index (χ0) is 19.2. The molecule has 7 heteroatoms. The first-order chi connectivity index (χ1) is 13.1. The second-order valence-electron chi connectivity index (χ2n) is 7.20. The number of rotatable bonds is 6. The second kappa shape index (κ2) is 9.08. The number of nitrogens with one attached hydrogen (secondary N) is 1. The van der Waals surface area contributed by atoms with Crippen molar-refractivity contribution >= 4 is 11.8 Å². The van der Waals surface area contributed by atoms with Crippen LogP contribution in [0.5, 0.6) is 0 Å². The molecule has 2 saturated heterocycles. The summed E-state index contributed by atoms with van der Waals surface area (Å²) >= 11 is 0. The Labute approximate surface area is 158 Å². The molecule has 0 aliphatic carbocycles. The summed E-state index contributed by atoms with van der Waals surface area (Å²) in [5.41, 5.74) is 0.552. The number of carbonyl (C=O) groups is 2. The predicted octanol–water partition coefficient (Wildman–Crippen LogP) is 1.57. The van der Waals surface area contributed by atoms with Gasteiger partial charge in [0.25, 0.3) is 0 Å². The van der Waals surface area contributed by atoms with Gasteiger partial charge in [-0.1, -0.05) is 6.08 Å². The van der Waals surface area contributed by atoms with Gasteiger partial charge in [0.2, 0.25) is 11.8 Å². The highest BCUT2D eigenvalue weighted by molar-refractivity contribution is 5.81. The Morgan fingerprint density at radius 3 is 2.96 bits per heavy atom. The molecule has 1 aromatic heterocycles. The molecule has 2 aliphatic heterocycles. The van der Waals surface area contributed by atoms with E-state index in [2.05, 4.69) is 16.9 Å². The molecule has 3 heterocycles. The molecule has 0 saturated carbocycles. The summed E-state index contributed by atoms with van der Waals surface area (Å²) in [6.07, 6.45) is 4.42. The number of carbonyl (C=O) groups excluding carboxylic acids is 2. The molecule has 6 nitrogen and oxygen atoms in total. The van der Waals surface area contributed by atoms with Crippen LogP contribution in [0.2, 0.25) is 0 Å². The number of pyridine rings is 1. The van der Waals surface area contributed by atoms with E-state index in [4.69, 9.17) is 4.74 Å². The van der Waals surface area contributed by atoms with Crippen molar-refractivity contribution in [2.24, 2.45) is 17.8 Å². The Morgan fingerprint density at radius 1 is 1.41 bits per heavy atom. The van der Waals surface area contributed by atoms with E-state index in [0.29, 0.717) is 45.0 Å². The van der Waals surface area contributed by atoms with Crippen LogP contribution < -0.4 is 5.32 Å². The summed E-state index contributed by atoms with van der Waals surface area (Å²) in [6, 6.07) is 2.84. The molecule has 1 aromatic rings. The Bertz CT molecular complexity index is 680. The largest absolute Gasteiger partial charge is 0.377 e. The van der Waals surface area contributed by atoms with Crippen molar-refractivity contribution in [1.29, 1.82) is 0 Å². The third-order valence-corrected chi connectivity index (χ3v) is 5.48. The van der Waals surface area contributed by atoms with E-state index in [-0.39, 0.29) is 36.0 Å². The molecule has 2 amide bonds. The van der Waals surface area contributed by atoms with E-state index in [1.807, 2.05) is 0 Å². The number of piperidine rings is 1. The zero-order valence-corrected chi connectivity index (χ0v) is 15.4. The fourth-order valence-corrected chi connectivity index (χ4v) is 4.04. The number of hydrogen-bond acceptors (Lipinski definition) is 4. The quantitative estimate of drug-likeness (QED) is 0.605. The topological polar surface area (TPSA) is 71.5 Å². The SMILES string of the molecule is C=CCOCC1CNC(=O)[C@H]2CCN(C(=O)Cc3ccc(F)cn3)CC[C@@H]12. The summed E-state index contributed by atoms with van der Waals surface area (Å²) < 4.78 is 18.6. The molecule has 2 aliphatic rings. The fraction of sp³-hybridized carbons (Fsp3) is 0.550. The molecule has 0 aromatic carbocycles. The van der Waals surface area contributed by atoms with Crippen molar-refractivity contribution in [3.8, 4) is 0 Å². The van der Waals surface area contributed by atoms with Gasteiger partial charge >= 0.3 is 0 Å². The standard InChI is InChI=1S/C20H26FN3O3/c1-2-9-27-13-14-11-23-20(26)18-6-8-24(7-5-17(14)18)19(25)10-16-4-3-15(21)12-22-16/h2-4,12,14,17-18H,1,5-11,13H2,(H,23,26)/t14?,17-,18-/m0/s1. The van der Waals surface area contributed by atoms with Crippen LogP contribution in [0.15, 0.2) is 31.0 Å². The number of hydrogen-bond donors (Lipinski definition) is 1. The molecule has 2 fully saturated rings. The minimum Gasteiger partial charge on any atom is -0.377 e. The molecule has 146 valence electrons. The van der Waals surface area contributed by atoms with Gasteiger partial charge in [-0.25, -0.2) is 4.39 Å².